The average molecular weight is 467 g/mol. The topological polar surface area (TPSA) is 88.2 Å². The lowest BCUT2D eigenvalue weighted by molar-refractivity contribution is 0.353. The van der Waals surface area contributed by atoms with Gasteiger partial charge in [0.2, 0.25) is 0 Å². The number of benzene rings is 1. The summed E-state index contributed by atoms with van der Waals surface area (Å²) in [5.74, 6) is 3.02. The maximum absolute atomic E-state index is 12.1. The van der Waals surface area contributed by atoms with Crippen LogP contribution in [0.15, 0.2) is 86.8 Å². The van der Waals surface area contributed by atoms with Crippen molar-refractivity contribution in [1.82, 2.24) is 19.9 Å². The first-order chi connectivity index (χ1) is 17.0. The van der Waals surface area contributed by atoms with Crippen LogP contribution >= 0.6 is 0 Å². The molecule has 7 heteroatoms. The first-order valence-electron chi connectivity index (χ1n) is 11.4. The fourth-order valence-corrected chi connectivity index (χ4v) is 3.99. The van der Waals surface area contributed by atoms with Gasteiger partial charge in [0.25, 0.3) is 5.56 Å². The van der Waals surface area contributed by atoms with Gasteiger partial charge in [-0.2, -0.15) is 0 Å². The molecule has 35 heavy (non-hydrogen) atoms. The van der Waals surface area contributed by atoms with Gasteiger partial charge in [-0.15, -0.1) is 0 Å². The summed E-state index contributed by atoms with van der Waals surface area (Å²) in [4.78, 5) is 25.7. The van der Waals surface area contributed by atoms with Crippen LogP contribution in [-0.4, -0.2) is 33.9 Å². The zero-order valence-electron chi connectivity index (χ0n) is 19.9. The minimum absolute atomic E-state index is 0.184. The molecule has 0 saturated heterocycles. The molecule has 0 unspecified atom stereocenters. The molecule has 0 aliphatic rings. The molecule has 0 radical (unpaired) electrons. The first-order valence-corrected chi connectivity index (χ1v) is 11.4. The standard InChI is InChI=1S/C28H26N4O3/c1-18-6-7-19(25-9-8-22(34-25)17-32(2)3)13-21(18)15-27-31-16-26(35-27)20-10-12-29-24(14-20)23-5-4-11-30-28(23)33/h4-14,16H,15,17H2,1-3H3,(H,30,33). The number of aromatic amines is 1. The van der Waals surface area contributed by atoms with E-state index >= 15 is 0 Å². The third-order valence-corrected chi connectivity index (χ3v) is 5.80. The Balaban J connectivity index is 1.38. The zero-order valence-corrected chi connectivity index (χ0v) is 19.9. The molecule has 7 nitrogen and oxygen atoms in total. The van der Waals surface area contributed by atoms with Gasteiger partial charge in [-0.05, 0) is 74.6 Å². The molecular weight excluding hydrogens is 440 g/mol. The van der Waals surface area contributed by atoms with Gasteiger partial charge < -0.3 is 18.7 Å². The van der Waals surface area contributed by atoms with Crippen molar-refractivity contribution in [3.8, 4) is 33.9 Å². The van der Waals surface area contributed by atoms with Crippen molar-refractivity contribution in [1.29, 1.82) is 0 Å². The van der Waals surface area contributed by atoms with E-state index in [2.05, 4.69) is 45.0 Å². The SMILES string of the molecule is Cc1ccc(-c2ccc(CN(C)C)o2)cc1Cc1ncc(-c2ccnc(-c3ccc[nH]c3=O)c2)o1. The molecule has 1 aromatic carbocycles. The Hall–Kier alpha value is -4.23. The summed E-state index contributed by atoms with van der Waals surface area (Å²) in [5, 5.41) is 0. The van der Waals surface area contributed by atoms with E-state index in [1.165, 1.54) is 0 Å². The molecule has 0 spiro atoms. The highest BCUT2D eigenvalue weighted by molar-refractivity contribution is 5.66. The van der Waals surface area contributed by atoms with E-state index < -0.39 is 0 Å². The molecule has 0 amide bonds. The molecule has 5 aromatic rings. The number of hydrogen-bond donors (Lipinski definition) is 1. The molecule has 5 rings (SSSR count). The van der Waals surface area contributed by atoms with Crippen molar-refractivity contribution < 1.29 is 8.83 Å². The Kier molecular flexibility index (Phi) is 6.16. The maximum atomic E-state index is 12.1. The van der Waals surface area contributed by atoms with Crippen LogP contribution in [0.3, 0.4) is 0 Å². The van der Waals surface area contributed by atoms with E-state index in [9.17, 15) is 4.79 Å². The van der Waals surface area contributed by atoms with Gasteiger partial charge >= 0.3 is 0 Å². The predicted molar refractivity (Wildman–Crippen MR) is 135 cm³/mol. The van der Waals surface area contributed by atoms with Gasteiger partial charge in [-0.25, -0.2) is 4.98 Å². The Morgan fingerprint density at radius 2 is 1.80 bits per heavy atom. The Bertz CT molecular complexity index is 1530. The number of aryl methyl sites for hydroxylation is 1. The normalized spacial score (nSPS) is 11.3. The highest BCUT2D eigenvalue weighted by atomic mass is 16.4. The van der Waals surface area contributed by atoms with Crippen LogP contribution < -0.4 is 5.56 Å². The minimum atomic E-state index is -0.184. The van der Waals surface area contributed by atoms with Crippen molar-refractivity contribution in [3.05, 3.63) is 106 Å². The summed E-state index contributed by atoms with van der Waals surface area (Å²) in [5.41, 5.74) is 5.01. The number of nitrogens with one attached hydrogen (secondary N) is 1. The lowest BCUT2D eigenvalue weighted by atomic mass is 10.0. The molecule has 0 fully saturated rings. The third-order valence-electron chi connectivity index (χ3n) is 5.80. The van der Waals surface area contributed by atoms with E-state index in [1.807, 2.05) is 38.4 Å². The van der Waals surface area contributed by atoms with Crippen molar-refractivity contribution in [2.45, 2.75) is 19.9 Å². The number of oxazole rings is 1. The fraction of sp³-hybridized carbons (Fsp3) is 0.179. The van der Waals surface area contributed by atoms with Gasteiger partial charge in [-0.1, -0.05) is 12.1 Å². The van der Waals surface area contributed by atoms with E-state index in [0.29, 0.717) is 29.3 Å². The molecule has 0 aliphatic heterocycles. The molecule has 176 valence electrons. The summed E-state index contributed by atoms with van der Waals surface area (Å²) in [6, 6.07) is 17.5. The van der Waals surface area contributed by atoms with Crippen LogP contribution in [0.25, 0.3) is 33.9 Å². The van der Waals surface area contributed by atoms with Crippen LogP contribution in [-0.2, 0) is 13.0 Å². The number of pyridine rings is 2. The van der Waals surface area contributed by atoms with E-state index in [-0.39, 0.29) is 5.56 Å². The lowest BCUT2D eigenvalue weighted by Gasteiger charge is -2.07. The Morgan fingerprint density at radius 1 is 0.943 bits per heavy atom. The van der Waals surface area contributed by atoms with Gasteiger partial charge in [0.15, 0.2) is 11.7 Å². The highest BCUT2D eigenvalue weighted by Crippen LogP contribution is 2.28. The maximum Gasteiger partial charge on any atom is 0.257 e. The lowest BCUT2D eigenvalue weighted by Crippen LogP contribution is -2.09. The minimum Gasteiger partial charge on any atom is -0.460 e. The summed E-state index contributed by atoms with van der Waals surface area (Å²) in [6.07, 6.45) is 5.54. The molecule has 4 heterocycles. The van der Waals surface area contributed by atoms with E-state index in [4.69, 9.17) is 8.83 Å². The van der Waals surface area contributed by atoms with Crippen molar-refractivity contribution >= 4 is 0 Å². The van der Waals surface area contributed by atoms with Crippen LogP contribution in [0.4, 0.5) is 0 Å². The summed E-state index contributed by atoms with van der Waals surface area (Å²) < 4.78 is 12.1. The van der Waals surface area contributed by atoms with Crippen LogP contribution in [0, 0.1) is 6.92 Å². The first kappa shape index (κ1) is 22.6. The van der Waals surface area contributed by atoms with Gasteiger partial charge in [-0.3, -0.25) is 9.78 Å². The number of rotatable bonds is 7. The molecule has 4 aromatic heterocycles. The molecule has 0 aliphatic carbocycles. The van der Waals surface area contributed by atoms with Crippen molar-refractivity contribution in [3.63, 3.8) is 0 Å². The van der Waals surface area contributed by atoms with Gasteiger partial charge in [0, 0.05) is 29.9 Å². The third kappa shape index (κ3) is 5.00. The fourth-order valence-electron chi connectivity index (χ4n) is 3.99. The second-order valence-electron chi connectivity index (χ2n) is 8.78. The average Bonchev–Trinajstić information content (AvgIpc) is 3.50. The summed E-state index contributed by atoms with van der Waals surface area (Å²) in [7, 11) is 4.04. The molecule has 0 saturated carbocycles. The predicted octanol–water partition coefficient (Wildman–Crippen LogP) is 5.31. The smallest absolute Gasteiger partial charge is 0.257 e. The molecular formula is C28H26N4O3. The second kappa shape index (κ2) is 9.56. The highest BCUT2D eigenvalue weighted by Gasteiger charge is 2.13. The largest absolute Gasteiger partial charge is 0.460 e. The molecule has 0 atom stereocenters. The van der Waals surface area contributed by atoms with Crippen molar-refractivity contribution in [2.75, 3.05) is 14.1 Å². The number of hydrogen-bond acceptors (Lipinski definition) is 6. The van der Waals surface area contributed by atoms with Crippen LogP contribution in [0.2, 0.25) is 0 Å². The van der Waals surface area contributed by atoms with E-state index in [1.54, 1.807) is 30.7 Å². The number of nitrogens with zero attached hydrogens (tertiary/aromatic N) is 3. The Morgan fingerprint density at radius 3 is 2.63 bits per heavy atom. The summed E-state index contributed by atoms with van der Waals surface area (Å²) in [6.45, 7) is 2.84. The van der Waals surface area contributed by atoms with E-state index in [0.717, 1.165) is 40.3 Å². The van der Waals surface area contributed by atoms with Crippen LogP contribution in [0.5, 0.6) is 0 Å². The van der Waals surface area contributed by atoms with Gasteiger partial charge in [0.1, 0.15) is 11.5 Å². The summed E-state index contributed by atoms with van der Waals surface area (Å²) >= 11 is 0. The molecule has 1 N–H and O–H groups in total. The van der Waals surface area contributed by atoms with Gasteiger partial charge in [0.05, 0.1) is 24.0 Å². The Labute approximate surface area is 203 Å². The zero-order chi connectivity index (χ0) is 24.4. The quantitative estimate of drug-likeness (QED) is 0.350. The monoisotopic (exact) mass is 466 g/mol. The second-order valence-corrected chi connectivity index (χ2v) is 8.78. The number of H-pyrrole nitrogens is 1. The number of aromatic nitrogens is 3. The van der Waals surface area contributed by atoms with Crippen molar-refractivity contribution in [2.24, 2.45) is 0 Å². The molecule has 0 bridgehead atoms. The number of furan rings is 1. The van der Waals surface area contributed by atoms with Crippen LogP contribution in [0.1, 0.15) is 22.8 Å².